The average Bonchev–Trinajstić information content (AvgIpc) is 2.65. The van der Waals surface area contributed by atoms with Crippen LogP contribution in [0, 0.1) is 0 Å². The van der Waals surface area contributed by atoms with E-state index in [1.165, 1.54) is 30.4 Å². The molecule has 1 aromatic carbocycles. The van der Waals surface area contributed by atoms with Crippen LogP contribution in [0.1, 0.15) is 43.7 Å². The second kappa shape index (κ2) is 9.37. The van der Waals surface area contributed by atoms with E-state index in [-0.39, 0.29) is 11.9 Å². The maximum absolute atomic E-state index is 12.3. The first-order valence-corrected chi connectivity index (χ1v) is 9.65. The minimum Gasteiger partial charge on any atom is -0.379 e. The number of carbonyl (C=O) groups excluding carboxylic acids is 1. The van der Waals surface area contributed by atoms with Crippen molar-refractivity contribution in [2.45, 2.75) is 38.1 Å². The summed E-state index contributed by atoms with van der Waals surface area (Å²) >= 11 is 6.03. The lowest BCUT2D eigenvalue weighted by Gasteiger charge is -2.35. The minimum atomic E-state index is 0.0316. The SMILES string of the molecule is O=C(C=C1CCCCC1)NCC(c1ccc(Cl)cc1)N1CCOCC1. The first-order chi connectivity index (χ1) is 12.2. The number of benzene rings is 1. The van der Waals surface area contributed by atoms with Gasteiger partial charge >= 0.3 is 0 Å². The molecule has 5 heteroatoms. The van der Waals surface area contributed by atoms with Gasteiger partial charge < -0.3 is 10.1 Å². The molecule has 3 rings (SSSR count). The number of ether oxygens (including phenoxy) is 1. The van der Waals surface area contributed by atoms with Crippen molar-refractivity contribution in [2.75, 3.05) is 32.8 Å². The second-order valence-electron chi connectivity index (χ2n) is 6.82. The van der Waals surface area contributed by atoms with Gasteiger partial charge in [0.2, 0.25) is 5.91 Å². The van der Waals surface area contributed by atoms with Crippen molar-refractivity contribution < 1.29 is 9.53 Å². The number of amides is 1. The molecule has 4 nitrogen and oxygen atoms in total. The Bertz CT molecular complexity index is 586. The number of halogens is 1. The predicted octanol–water partition coefficient (Wildman–Crippen LogP) is 3.72. The van der Waals surface area contributed by atoms with Gasteiger partial charge in [0.1, 0.15) is 0 Å². The van der Waals surface area contributed by atoms with E-state index in [0.29, 0.717) is 6.54 Å². The summed E-state index contributed by atoms with van der Waals surface area (Å²) < 4.78 is 5.47. The summed E-state index contributed by atoms with van der Waals surface area (Å²) in [7, 11) is 0. The molecular formula is C20H27ClN2O2. The monoisotopic (exact) mass is 362 g/mol. The topological polar surface area (TPSA) is 41.6 Å². The molecule has 1 unspecified atom stereocenters. The summed E-state index contributed by atoms with van der Waals surface area (Å²) in [6.45, 7) is 3.84. The smallest absolute Gasteiger partial charge is 0.243 e. The van der Waals surface area contributed by atoms with E-state index in [0.717, 1.165) is 44.2 Å². The van der Waals surface area contributed by atoms with Gasteiger partial charge in [0.25, 0.3) is 0 Å². The Morgan fingerprint density at radius 2 is 1.84 bits per heavy atom. The summed E-state index contributed by atoms with van der Waals surface area (Å²) in [5, 5.41) is 3.84. The van der Waals surface area contributed by atoms with Crippen LogP contribution in [0.25, 0.3) is 0 Å². The number of hydrogen-bond donors (Lipinski definition) is 1. The van der Waals surface area contributed by atoms with Gasteiger partial charge in [0.15, 0.2) is 0 Å². The highest BCUT2D eigenvalue weighted by Gasteiger charge is 2.23. The van der Waals surface area contributed by atoms with Crippen LogP contribution in [-0.4, -0.2) is 43.7 Å². The van der Waals surface area contributed by atoms with E-state index in [1.807, 2.05) is 30.3 Å². The van der Waals surface area contributed by atoms with Crippen LogP contribution in [0.5, 0.6) is 0 Å². The van der Waals surface area contributed by atoms with Crippen LogP contribution < -0.4 is 5.32 Å². The normalized spacial score (nSPS) is 20.1. The molecule has 25 heavy (non-hydrogen) atoms. The zero-order chi connectivity index (χ0) is 17.5. The molecule has 0 bridgehead atoms. The van der Waals surface area contributed by atoms with Crippen LogP contribution in [0.4, 0.5) is 0 Å². The Hall–Kier alpha value is -1.36. The summed E-state index contributed by atoms with van der Waals surface area (Å²) in [5.74, 6) is 0.0316. The molecule has 1 saturated heterocycles. The van der Waals surface area contributed by atoms with Crippen molar-refractivity contribution in [3.8, 4) is 0 Å². The van der Waals surface area contributed by atoms with Gasteiger partial charge in [-0.05, 0) is 43.4 Å². The molecule has 2 aliphatic rings. The summed E-state index contributed by atoms with van der Waals surface area (Å²) in [6.07, 6.45) is 7.65. The molecule has 136 valence electrons. The number of hydrogen-bond acceptors (Lipinski definition) is 3. The fraction of sp³-hybridized carbons (Fsp3) is 0.550. The third kappa shape index (κ3) is 5.56. The van der Waals surface area contributed by atoms with Crippen LogP contribution in [0.15, 0.2) is 35.9 Å². The van der Waals surface area contributed by atoms with Crippen LogP contribution in [0.2, 0.25) is 5.02 Å². The summed E-state index contributed by atoms with van der Waals surface area (Å²) in [5.41, 5.74) is 2.47. The third-order valence-corrected chi connectivity index (χ3v) is 5.29. The highest BCUT2D eigenvalue weighted by atomic mass is 35.5. The quantitative estimate of drug-likeness (QED) is 0.812. The van der Waals surface area contributed by atoms with Crippen LogP contribution in [-0.2, 0) is 9.53 Å². The van der Waals surface area contributed by atoms with E-state index >= 15 is 0 Å². The second-order valence-corrected chi connectivity index (χ2v) is 7.26. The summed E-state index contributed by atoms with van der Waals surface area (Å²) in [6, 6.07) is 8.07. The highest BCUT2D eigenvalue weighted by molar-refractivity contribution is 6.30. The van der Waals surface area contributed by atoms with Gasteiger partial charge in [-0.15, -0.1) is 0 Å². The minimum absolute atomic E-state index is 0.0316. The van der Waals surface area contributed by atoms with Crippen molar-refractivity contribution in [3.05, 3.63) is 46.5 Å². The van der Waals surface area contributed by atoms with Crippen molar-refractivity contribution in [1.29, 1.82) is 0 Å². The first-order valence-electron chi connectivity index (χ1n) is 9.27. The van der Waals surface area contributed by atoms with E-state index < -0.39 is 0 Å². The largest absolute Gasteiger partial charge is 0.379 e. The van der Waals surface area contributed by atoms with Crippen molar-refractivity contribution >= 4 is 17.5 Å². The van der Waals surface area contributed by atoms with E-state index in [1.54, 1.807) is 0 Å². The molecule has 1 heterocycles. The Balaban J connectivity index is 1.64. The molecular weight excluding hydrogens is 336 g/mol. The highest BCUT2D eigenvalue weighted by Crippen LogP contribution is 2.24. The number of morpholine rings is 1. The van der Waals surface area contributed by atoms with Crippen molar-refractivity contribution in [2.24, 2.45) is 0 Å². The van der Waals surface area contributed by atoms with E-state index in [2.05, 4.69) is 10.2 Å². The maximum atomic E-state index is 12.3. The lowest BCUT2D eigenvalue weighted by Crippen LogP contribution is -2.43. The van der Waals surface area contributed by atoms with Gasteiger partial charge in [0, 0.05) is 30.7 Å². The lowest BCUT2D eigenvalue weighted by atomic mass is 9.94. The molecule has 1 amide bonds. The number of allylic oxidation sites excluding steroid dienone is 1. The molecule has 1 N–H and O–H groups in total. The Morgan fingerprint density at radius 3 is 2.52 bits per heavy atom. The predicted molar refractivity (Wildman–Crippen MR) is 101 cm³/mol. The fourth-order valence-electron chi connectivity index (χ4n) is 3.62. The van der Waals surface area contributed by atoms with Gasteiger partial charge in [-0.25, -0.2) is 0 Å². The van der Waals surface area contributed by atoms with Crippen molar-refractivity contribution in [3.63, 3.8) is 0 Å². The molecule has 2 fully saturated rings. The molecule has 1 aliphatic heterocycles. The average molecular weight is 363 g/mol. The van der Waals surface area contributed by atoms with Gasteiger partial charge in [-0.3, -0.25) is 9.69 Å². The number of carbonyl (C=O) groups is 1. The van der Waals surface area contributed by atoms with Gasteiger partial charge in [-0.2, -0.15) is 0 Å². The zero-order valence-corrected chi connectivity index (χ0v) is 15.4. The number of nitrogens with one attached hydrogen (secondary N) is 1. The number of rotatable bonds is 5. The molecule has 1 saturated carbocycles. The Morgan fingerprint density at radius 1 is 1.16 bits per heavy atom. The van der Waals surface area contributed by atoms with E-state index in [9.17, 15) is 4.79 Å². The van der Waals surface area contributed by atoms with Crippen LogP contribution in [0.3, 0.4) is 0 Å². The third-order valence-electron chi connectivity index (χ3n) is 5.04. The molecule has 0 aromatic heterocycles. The van der Waals surface area contributed by atoms with Gasteiger partial charge in [-0.1, -0.05) is 35.7 Å². The molecule has 0 radical (unpaired) electrons. The number of nitrogens with zero attached hydrogens (tertiary/aromatic N) is 1. The van der Waals surface area contributed by atoms with Gasteiger partial charge in [0.05, 0.1) is 19.3 Å². The Labute approximate surface area is 155 Å². The lowest BCUT2D eigenvalue weighted by molar-refractivity contribution is -0.116. The standard InChI is InChI=1S/C20H27ClN2O2/c21-18-8-6-17(7-9-18)19(23-10-12-25-13-11-23)15-22-20(24)14-16-4-2-1-3-5-16/h6-9,14,19H,1-5,10-13,15H2,(H,22,24). The molecule has 1 aliphatic carbocycles. The summed E-state index contributed by atoms with van der Waals surface area (Å²) in [4.78, 5) is 14.7. The van der Waals surface area contributed by atoms with Crippen LogP contribution >= 0.6 is 11.6 Å². The Kier molecular flexibility index (Phi) is 6.91. The maximum Gasteiger partial charge on any atom is 0.243 e. The molecule has 1 aromatic rings. The molecule has 0 spiro atoms. The first kappa shape index (κ1) is 18.4. The molecule has 1 atom stereocenters. The van der Waals surface area contributed by atoms with Crippen molar-refractivity contribution in [1.82, 2.24) is 10.2 Å². The fourth-order valence-corrected chi connectivity index (χ4v) is 3.74. The zero-order valence-electron chi connectivity index (χ0n) is 14.7. The van der Waals surface area contributed by atoms with E-state index in [4.69, 9.17) is 16.3 Å².